The van der Waals surface area contributed by atoms with Crippen LogP contribution in [0, 0.1) is 6.92 Å². The molecule has 0 fully saturated rings. The highest BCUT2D eigenvalue weighted by Crippen LogP contribution is 2.42. The molecule has 2 aromatic rings. The van der Waals surface area contributed by atoms with Gasteiger partial charge in [-0.25, -0.2) is 0 Å². The Kier molecular flexibility index (Phi) is 3.11. The largest absolute Gasteiger partial charge is 0.289 e. The normalized spacial score (nSPS) is 19.8. The summed E-state index contributed by atoms with van der Waals surface area (Å²) < 4.78 is 0. The smallest absolute Gasteiger partial charge is 0.190 e. The van der Waals surface area contributed by atoms with Crippen molar-refractivity contribution in [3.8, 4) is 0 Å². The molecular weight excluding hydrogens is 300 g/mol. The number of fused-ring (bicyclic) bond motifs is 1. The van der Waals surface area contributed by atoms with Crippen LogP contribution in [-0.2, 0) is 0 Å². The van der Waals surface area contributed by atoms with Gasteiger partial charge < -0.3 is 0 Å². The number of allylic oxidation sites excluding steroid dienone is 1. The number of Topliss-reactive ketones (excluding diaryl/α,β-unsaturated/α-hetero) is 1. The molecule has 0 heterocycles. The van der Waals surface area contributed by atoms with Crippen molar-refractivity contribution in [3.63, 3.8) is 0 Å². The Bertz CT molecular complexity index is 668. The molecule has 0 bridgehead atoms. The second kappa shape index (κ2) is 4.78. The Morgan fingerprint density at radius 3 is 2.42 bits per heavy atom. The average molecular weight is 313 g/mol. The molecule has 1 unspecified atom stereocenters. The molecule has 0 aliphatic heterocycles. The van der Waals surface area contributed by atoms with Gasteiger partial charge in [0.05, 0.1) is 4.83 Å². The molecule has 0 N–H and O–H groups in total. The lowest BCUT2D eigenvalue weighted by Crippen LogP contribution is -1.95. The van der Waals surface area contributed by atoms with Crippen LogP contribution in [0.1, 0.15) is 31.9 Å². The third-order valence-electron chi connectivity index (χ3n) is 3.41. The van der Waals surface area contributed by atoms with Gasteiger partial charge in [0.2, 0.25) is 0 Å². The zero-order valence-corrected chi connectivity index (χ0v) is 12.1. The third-order valence-corrected chi connectivity index (χ3v) is 4.40. The van der Waals surface area contributed by atoms with Gasteiger partial charge in [0.1, 0.15) is 0 Å². The van der Waals surface area contributed by atoms with Crippen LogP contribution in [0.3, 0.4) is 0 Å². The minimum atomic E-state index is -0.00231. The Balaban J connectivity index is 2.04. The highest BCUT2D eigenvalue weighted by molar-refractivity contribution is 9.09. The maximum absolute atomic E-state index is 12.4. The maximum Gasteiger partial charge on any atom is 0.190 e. The fraction of sp³-hybridized carbons (Fsp3) is 0.118. The van der Waals surface area contributed by atoms with E-state index in [4.69, 9.17) is 0 Å². The molecule has 0 radical (unpaired) electrons. The summed E-state index contributed by atoms with van der Waals surface area (Å²) in [4.78, 5) is 12.4. The number of aryl methyl sites for hydroxylation is 1. The molecule has 0 amide bonds. The Hall–Kier alpha value is -1.67. The first-order chi connectivity index (χ1) is 9.16. The molecule has 0 saturated heterocycles. The van der Waals surface area contributed by atoms with Crippen LogP contribution in [0.2, 0.25) is 0 Å². The lowest BCUT2D eigenvalue weighted by Gasteiger charge is -2.03. The van der Waals surface area contributed by atoms with Gasteiger partial charge in [-0.05, 0) is 24.1 Å². The van der Waals surface area contributed by atoms with E-state index in [2.05, 4.69) is 35.0 Å². The maximum atomic E-state index is 12.4. The molecule has 0 aromatic heterocycles. The molecule has 1 aliphatic rings. The number of benzene rings is 2. The molecule has 2 heteroatoms. The monoisotopic (exact) mass is 312 g/mol. The van der Waals surface area contributed by atoms with E-state index in [0.717, 1.165) is 22.3 Å². The van der Waals surface area contributed by atoms with Crippen molar-refractivity contribution in [2.24, 2.45) is 0 Å². The van der Waals surface area contributed by atoms with Crippen molar-refractivity contribution in [2.45, 2.75) is 11.8 Å². The molecule has 0 spiro atoms. The molecule has 0 saturated carbocycles. The SMILES string of the molecule is Cc1ccc(C=C2C(=O)c3ccccc3C2Br)cc1. The first kappa shape index (κ1) is 12.4. The second-order valence-corrected chi connectivity index (χ2v) is 5.70. The van der Waals surface area contributed by atoms with Gasteiger partial charge >= 0.3 is 0 Å². The fourth-order valence-electron chi connectivity index (χ4n) is 2.34. The molecular formula is C17H13BrO. The van der Waals surface area contributed by atoms with Gasteiger partial charge in [0.25, 0.3) is 0 Å². The van der Waals surface area contributed by atoms with Crippen molar-refractivity contribution in [1.82, 2.24) is 0 Å². The van der Waals surface area contributed by atoms with Crippen LogP contribution in [0.4, 0.5) is 0 Å². The third kappa shape index (κ3) is 2.17. The summed E-state index contributed by atoms with van der Waals surface area (Å²) in [5, 5.41) is 0. The number of ketones is 1. The van der Waals surface area contributed by atoms with Gasteiger partial charge in [-0.2, -0.15) is 0 Å². The van der Waals surface area contributed by atoms with Crippen molar-refractivity contribution in [2.75, 3.05) is 0 Å². The van der Waals surface area contributed by atoms with Crippen LogP contribution in [0.5, 0.6) is 0 Å². The molecule has 94 valence electrons. The Labute approximate surface area is 121 Å². The first-order valence-corrected chi connectivity index (χ1v) is 7.14. The number of alkyl halides is 1. The summed E-state index contributed by atoms with van der Waals surface area (Å²) in [7, 11) is 0. The van der Waals surface area contributed by atoms with Crippen LogP contribution in [0.25, 0.3) is 6.08 Å². The van der Waals surface area contributed by atoms with E-state index >= 15 is 0 Å². The quantitative estimate of drug-likeness (QED) is 0.550. The minimum absolute atomic E-state index is 0.00231. The van der Waals surface area contributed by atoms with Crippen molar-refractivity contribution in [1.29, 1.82) is 0 Å². The zero-order valence-electron chi connectivity index (χ0n) is 10.6. The molecule has 2 aromatic carbocycles. The van der Waals surface area contributed by atoms with Gasteiger partial charge in [-0.3, -0.25) is 4.79 Å². The predicted octanol–water partition coefficient (Wildman–Crippen LogP) is 4.71. The van der Waals surface area contributed by atoms with Crippen molar-refractivity contribution < 1.29 is 4.79 Å². The van der Waals surface area contributed by atoms with E-state index in [1.807, 2.05) is 42.5 Å². The summed E-state index contributed by atoms with van der Waals surface area (Å²) in [6.07, 6.45) is 1.97. The molecule has 1 nitrogen and oxygen atoms in total. The Morgan fingerprint density at radius 1 is 1.05 bits per heavy atom. The lowest BCUT2D eigenvalue weighted by molar-refractivity contribution is 0.104. The molecule has 1 atom stereocenters. The van der Waals surface area contributed by atoms with E-state index < -0.39 is 0 Å². The summed E-state index contributed by atoms with van der Waals surface area (Å²) >= 11 is 3.63. The van der Waals surface area contributed by atoms with Crippen LogP contribution < -0.4 is 0 Å². The number of hydrogen-bond donors (Lipinski definition) is 0. The average Bonchev–Trinajstić information content (AvgIpc) is 2.67. The predicted molar refractivity (Wildman–Crippen MR) is 81.6 cm³/mol. The zero-order chi connectivity index (χ0) is 13.4. The van der Waals surface area contributed by atoms with Gasteiger partial charge in [0.15, 0.2) is 5.78 Å². The number of hydrogen-bond acceptors (Lipinski definition) is 1. The number of carbonyl (C=O) groups excluding carboxylic acids is 1. The molecule has 1 aliphatic carbocycles. The van der Waals surface area contributed by atoms with Crippen LogP contribution in [0.15, 0.2) is 54.1 Å². The van der Waals surface area contributed by atoms with Gasteiger partial charge in [-0.15, -0.1) is 0 Å². The number of carbonyl (C=O) groups is 1. The van der Waals surface area contributed by atoms with Crippen molar-refractivity contribution in [3.05, 3.63) is 76.4 Å². The molecule has 3 rings (SSSR count). The lowest BCUT2D eigenvalue weighted by atomic mass is 10.1. The second-order valence-electron chi connectivity index (χ2n) is 4.79. The highest BCUT2D eigenvalue weighted by Gasteiger charge is 2.32. The summed E-state index contributed by atoms with van der Waals surface area (Å²) in [6.45, 7) is 2.06. The first-order valence-electron chi connectivity index (χ1n) is 6.23. The fourth-order valence-corrected chi connectivity index (χ4v) is 3.08. The standard InChI is InChI=1S/C17H13BrO/c1-11-6-8-12(9-7-11)10-15-16(18)13-4-2-3-5-14(13)17(15)19/h2-10,16H,1H3. The van der Waals surface area contributed by atoms with Crippen LogP contribution >= 0.6 is 15.9 Å². The van der Waals surface area contributed by atoms with E-state index in [9.17, 15) is 4.79 Å². The van der Waals surface area contributed by atoms with E-state index in [1.165, 1.54) is 5.56 Å². The van der Waals surface area contributed by atoms with Gasteiger partial charge in [-0.1, -0.05) is 70.0 Å². The van der Waals surface area contributed by atoms with E-state index in [-0.39, 0.29) is 10.6 Å². The van der Waals surface area contributed by atoms with Crippen molar-refractivity contribution >= 4 is 27.8 Å². The summed E-state index contributed by atoms with van der Waals surface area (Å²) in [6, 6.07) is 16.0. The minimum Gasteiger partial charge on any atom is -0.289 e. The Morgan fingerprint density at radius 2 is 1.74 bits per heavy atom. The van der Waals surface area contributed by atoms with Crippen LogP contribution in [-0.4, -0.2) is 5.78 Å². The highest BCUT2D eigenvalue weighted by atomic mass is 79.9. The number of halogens is 1. The molecule has 19 heavy (non-hydrogen) atoms. The topological polar surface area (TPSA) is 17.1 Å². The number of rotatable bonds is 1. The van der Waals surface area contributed by atoms with E-state index in [0.29, 0.717) is 0 Å². The summed E-state index contributed by atoms with van der Waals surface area (Å²) in [5.41, 5.74) is 4.96. The van der Waals surface area contributed by atoms with Gasteiger partial charge in [0, 0.05) is 11.1 Å². The van der Waals surface area contributed by atoms with E-state index in [1.54, 1.807) is 0 Å². The summed E-state index contributed by atoms with van der Waals surface area (Å²) in [5.74, 6) is 0.123.